The van der Waals surface area contributed by atoms with Crippen molar-refractivity contribution in [1.82, 2.24) is 9.80 Å². The van der Waals surface area contributed by atoms with Crippen molar-refractivity contribution in [2.45, 2.75) is 31.2 Å². The Kier molecular flexibility index (Phi) is 6.38. The molecule has 1 saturated heterocycles. The Morgan fingerprint density at radius 2 is 1.71 bits per heavy atom. The summed E-state index contributed by atoms with van der Waals surface area (Å²) in [5.74, 6) is 0.500. The second kappa shape index (κ2) is 9.20. The van der Waals surface area contributed by atoms with Gasteiger partial charge in [-0.2, -0.15) is 8.42 Å². The number of nitrogens with zero attached hydrogens (tertiary/aromatic N) is 3. The summed E-state index contributed by atoms with van der Waals surface area (Å²) in [5, 5.41) is 3.10. The highest BCUT2D eigenvalue weighted by Crippen LogP contribution is 2.28. The largest absolute Gasteiger partial charge is 0.342 e. The number of piperazine rings is 1. The fourth-order valence-electron chi connectivity index (χ4n) is 4.08. The molecule has 0 saturated carbocycles. The Balaban J connectivity index is 1.27. The maximum atomic E-state index is 12.8. The van der Waals surface area contributed by atoms with E-state index in [4.69, 9.17) is 0 Å². The Hall–Kier alpha value is -2.71. The van der Waals surface area contributed by atoms with Gasteiger partial charge in [0.2, 0.25) is 5.91 Å². The highest BCUT2D eigenvalue weighted by Gasteiger charge is 2.27. The Labute approximate surface area is 183 Å². The van der Waals surface area contributed by atoms with E-state index in [1.165, 1.54) is 5.56 Å². The number of carbonyl (C=O) groups excluding carboxylic acids is 1. The fraction of sp³-hybridized carbons (Fsp3) is 0.391. The zero-order valence-corrected chi connectivity index (χ0v) is 18.5. The molecule has 2 aliphatic rings. The second-order valence-electron chi connectivity index (χ2n) is 8.29. The SMILES string of the molecule is C[C@H](CC(=O)N1CCN(Cc2ccccc2)CC1)CC1=NS(=O)(=O)c2ccccc2N1. The summed E-state index contributed by atoms with van der Waals surface area (Å²) in [4.78, 5) is 17.2. The van der Waals surface area contributed by atoms with Gasteiger partial charge in [-0.15, -0.1) is 4.40 Å². The van der Waals surface area contributed by atoms with Crippen molar-refractivity contribution < 1.29 is 13.2 Å². The molecule has 1 atom stereocenters. The molecule has 1 fully saturated rings. The number of para-hydroxylation sites is 1. The summed E-state index contributed by atoms with van der Waals surface area (Å²) in [5.41, 5.74) is 1.83. The molecule has 0 radical (unpaired) electrons. The van der Waals surface area contributed by atoms with Crippen molar-refractivity contribution in [2.75, 3.05) is 31.5 Å². The minimum absolute atomic E-state index is 0.0124. The van der Waals surface area contributed by atoms with Gasteiger partial charge in [-0.05, 0) is 23.6 Å². The van der Waals surface area contributed by atoms with Crippen LogP contribution in [0.2, 0.25) is 0 Å². The number of benzene rings is 2. The number of fused-ring (bicyclic) bond motifs is 1. The molecule has 2 heterocycles. The predicted molar refractivity (Wildman–Crippen MR) is 121 cm³/mol. The predicted octanol–water partition coefficient (Wildman–Crippen LogP) is 2.96. The van der Waals surface area contributed by atoms with Crippen molar-refractivity contribution in [3.8, 4) is 0 Å². The second-order valence-corrected chi connectivity index (χ2v) is 9.86. The van der Waals surface area contributed by atoms with Gasteiger partial charge in [-0.3, -0.25) is 9.69 Å². The van der Waals surface area contributed by atoms with Crippen LogP contribution in [0.5, 0.6) is 0 Å². The maximum absolute atomic E-state index is 12.8. The molecule has 2 aromatic carbocycles. The molecule has 1 N–H and O–H groups in total. The van der Waals surface area contributed by atoms with Gasteiger partial charge in [0, 0.05) is 45.6 Å². The molecule has 4 rings (SSSR count). The number of carbonyl (C=O) groups is 1. The molecule has 31 heavy (non-hydrogen) atoms. The van der Waals surface area contributed by atoms with Crippen LogP contribution in [0.3, 0.4) is 0 Å². The smallest absolute Gasteiger partial charge is 0.286 e. The molecule has 1 amide bonds. The molecule has 164 valence electrons. The van der Waals surface area contributed by atoms with Gasteiger partial charge in [0.25, 0.3) is 10.0 Å². The van der Waals surface area contributed by atoms with Crippen molar-refractivity contribution in [3.63, 3.8) is 0 Å². The lowest BCUT2D eigenvalue weighted by molar-refractivity contribution is -0.133. The molecule has 8 heteroatoms. The van der Waals surface area contributed by atoms with Crippen LogP contribution in [0.15, 0.2) is 63.9 Å². The van der Waals surface area contributed by atoms with Crippen molar-refractivity contribution in [1.29, 1.82) is 0 Å². The van der Waals surface area contributed by atoms with Gasteiger partial charge in [-0.1, -0.05) is 49.4 Å². The number of rotatable bonds is 6. The average Bonchev–Trinajstić information content (AvgIpc) is 2.74. The van der Waals surface area contributed by atoms with Crippen LogP contribution in [-0.4, -0.2) is 56.1 Å². The van der Waals surface area contributed by atoms with Crippen molar-refractivity contribution in [3.05, 3.63) is 60.2 Å². The summed E-state index contributed by atoms with van der Waals surface area (Å²) in [7, 11) is -3.69. The molecular formula is C23H28N4O3S. The van der Waals surface area contributed by atoms with Crippen LogP contribution in [0.1, 0.15) is 25.3 Å². The van der Waals surface area contributed by atoms with Crippen LogP contribution in [0.25, 0.3) is 0 Å². The highest BCUT2D eigenvalue weighted by atomic mass is 32.2. The molecule has 0 aliphatic carbocycles. The number of hydrogen-bond donors (Lipinski definition) is 1. The normalized spacial score (nSPS) is 19.1. The van der Waals surface area contributed by atoms with Crippen LogP contribution < -0.4 is 5.32 Å². The Bertz CT molecular complexity index is 1060. The third-order valence-corrected chi connectivity index (χ3v) is 7.09. The quantitative estimate of drug-likeness (QED) is 0.747. The first-order chi connectivity index (χ1) is 14.9. The third kappa shape index (κ3) is 5.32. The van der Waals surface area contributed by atoms with Crippen LogP contribution >= 0.6 is 0 Å². The number of nitrogens with one attached hydrogen (secondary N) is 1. The monoisotopic (exact) mass is 440 g/mol. The lowest BCUT2D eigenvalue weighted by Crippen LogP contribution is -2.48. The summed E-state index contributed by atoms with van der Waals surface area (Å²) in [6.45, 7) is 6.02. The number of sulfonamides is 1. The zero-order valence-electron chi connectivity index (χ0n) is 17.7. The first-order valence-electron chi connectivity index (χ1n) is 10.6. The first-order valence-corrected chi connectivity index (χ1v) is 12.1. The first kappa shape index (κ1) is 21.5. The van der Waals surface area contributed by atoms with Crippen LogP contribution in [0, 0.1) is 5.92 Å². The van der Waals surface area contributed by atoms with Crippen LogP contribution in [-0.2, 0) is 21.4 Å². The van der Waals surface area contributed by atoms with E-state index in [1.807, 2.05) is 30.0 Å². The molecular weight excluding hydrogens is 412 g/mol. The van der Waals surface area contributed by atoms with E-state index in [9.17, 15) is 13.2 Å². The van der Waals surface area contributed by atoms with Gasteiger partial charge in [0.15, 0.2) is 0 Å². The fourth-order valence-corrected chi connectivity index (χ4v) is 5.24. The molecule has 0 bridgehead atoms. The Morgan fingerprint density at radius 1 is 1.03 bits per heavy atom. The molecule has 0 spiro atoms. The summed E-state index contributed by atoms with van der Waals surface area (Å²) in [6.07, 6.45) is 0.786. The topological polar surface area (TPSA) is 82.1 Å². The molecule has 2 aliphatic heterocycles. The van der Waals surface area contributed by atoms with Gasteiger partial charge < -0.3 is 10.2 Å². The Morgan fingerprint density at radius 3 is 2.45 bits per heavy atom. The van der Waals surface area contributed by atoms with E-state index in [0.717, 1.165) is 32.7 Å². The van der Waals surface area contributed by atoms with E-state index in [-0.39, 0.29) is 16.7 Å². The highest BCUT2D eigenvalue weighted by molar-refractivity contribution is 7.90. The van der Waals surface area contributed by atoms with E-state index in [2.05, 4.69) is 26.7 Å². The van der Waals surface area contributed by atoms with E-state index in [1.54, 1.807) is 24.3 Å². The van der Waals surface area contributed by atoms with Gasteiger partial charge in [-0.25, -0.2) is 0 Å². The molecule has 0 aromatic heterocycles. The van der Waals surface area contributed by atoms with Gasteiger partial charge in [0.1, 0.15) is 10.7 Å². The number of anilines is 1. The lowest BCUT2D eigenvalue weighted by Gasteiger charge is -2.35. The minimum atomic E-state index is -3.69. The minimum Gasteiger partial charge on any atom is -0.342 e. The lowest BCUT2D eigenvalue weighted by atomic mass is 10.0. The van der Waals surface area contributed by atoms with Gasteiger partial charge >= 0.3 is 0 Å². The van der Waals surface area contributed by atoms with E-state index >= 15 is 0 Å². The number of amides is 1. The van der Waals surface area contributed by atoms with E-state index in [0.29, 0.717) is 24.4 Å². The standard InChI is InChI=1S/C23H28N4O3S/c1-18(15-22-24-20-9-5-6-10-21(20)31(29,30)25-22)16-23(28)27-13-11-26(12-14-27)17-19-7-3-2-4-8-19/h2-10,18H,11-17H2,1H3,(H,24,25)/t18-/m0/s1. The van der Waals surface area contributed by atoms with Gasteiger partial charge in [0.05, 0.1) is 5.69 Å². The summed E-state index contributed by atoms with van der Waals surface area (Å²) < 4.78 is 28.7. The average molecular weight is 441 g/mol. The third-order valence-electron chi connectivity index (χ3n) is 5.71. The number of hydrogen-bond acceptors (Lipinski definition) is 5. The summed E-state index contributed by atoms with van der Waals surface area (Å²) >= 11 is 0. The van der Waals surface area contributed by atoms with Crippen molar-refractivity contribution >= 4 is 27.5 Å². The van der Waals surface area contributed by atoms with Crippen LogP contribution in [0.4, 0.5) is 5.69 Å². The number of amidine groups is 1. The van der Waals surface area contributed by atoms with Crippen molar-refractivity contribution in [2.24, 2.45) is 10.3 Å². The maximum Gasteiger partial charge on any atom is 0.286 e. The summed E-state index contributed by atoms with van der Waals surface area (Å²) in [6, 6.07) is 17.1. The zero-order chi connectivity index (χ0) is 21.8. The molecule has 7 nitrogen and oxygen atoms in total. The molecule has 0 unspecified atom stereocenters. The van der Waals surface area contributed by atoms with E-state index < -0.39 is 10.0 Å². The molecule has 2 aromatic rings.